The summed E-state index contributed by atoms with van der Waals surface area (Å²) in [5.74, 6) is -0.569. The molecule has 2 aromatic carbocycles. The summed E-state index contributed by atoms with van der Waals surface area (Å²) >= 11 is 3.13. The first-order valence-corrected chi connectivity index (χ1v) is 6.92. The summed E-state index contributed by atoms with van der Waals surface area (Å²) in [7, 11) is 1.50. The van der Waals surface area contributed by atoms with Gasteiger partial charge in [0.1, 0.15) is 5.82 Å². The van der Waals surface area contributed by atoms with Gasteiger partial charge in [-0.1, -0.05) is 40.2 Å². The van der Waals surface area contributed by atoms with Crippen LogP contribution in [0.15, 0.2) is 46.9 Å². The normalized spacial score (nSPS) is 13.2. The van der Waals surface area contributed by atoms with Gasteiger partial charge in [-0.2, -0.15) is 13.2 Å². The fourth-order valence-electron chi connectivity index (χ4n) is 2.22. The van der Waals surface area contributed by atoms with Crippen LogP contribution in [0.4, 0.5) is 17.6 Å². The highest BCUT2D eigenvalue weighted by atomic mass is 79.9. The summed E-state index contributed by atoms with van der Waals surface area (Å²) in [5, 5.41) is 2.75. The highest BCUT2D eigenvalue weighted by Gasteiger charge is 2.35. The van der Waals surface area contributed by atoms with Crippen LogP contribution in [0.1, 0.15) is 22.7 Å². The number of alkyl halides is 3. The number of benzene rings is 2. The van der Waals surface area contributed by atoms with Crippen molar-refractivity contribution in [1.29, 1.82) is 0 Å². The predicted molar refractivity (Wildman–Crippen MR) is 76.4 cm³/mol. The zero-order chi connectivity index (χ0) is 15.6. The lowest BCUT2D eigenvalue weighted by atomic mass is 9.94. The first-order chi connectivity index (χ1) is 9.84. The minimum absolute atomic E-state index is 0.00581. The van der Waals surface area contributed by atoms with Gasteiger partial charge in [0.2, 0.25) is 0 Å². The molecule has 0 heterocycles. The van der Waals surface area contributed by atoms with Crippen molar-refractivity contribution in [3.05, 3.63) is 69.4 Å². The van der Waals surface area contributed by atoms with Crippen LogP contribution in [-0.4, -0.2) is 7.05 Å². The van der Waals surface area contributed by atoms with E-state index in [9.17, 15) is 17.6 Å². The molecule has 0 saturated carbocycles. The Labute approximate surface area is 128 Å². The van der Waals surface area contributed by atoms with Gasteiger partial charge in [-0.3, -0.25) is 0 Å². The molecule has 0 aliphatic carbocycles. The zero-order valence-corrected chi connectivity index (χ0v) is 12.6. The van der Waals surface area contributed by atoms with Crippen LogP contribution in [0, 0.1) is 5.82 Å². The van der Waals surface area contributed by atoms with Gasteiger partial charge in [-0.05, 0) is 30.8 Å². The maximum absolute atomic E-state index is 14.1. The van der Waals surface area contributed by atoms with E-state index in [1.165, 1.54) is 37.4 Å². The van der Waals surface area contributed by atoms with Crippen LogP contribution in [0.5, 0.6) is 0 Å². The Morgan fingerprint density at radius 2 is 1.71 bits per heavy atom. The third-order valence-corrected chi connectivity index (χ3v) is 3.63. The largest absolute Gasteiger partial charge is 0.416 e. The standard InChI is InChI=1S/C15H12BrF4N/c1-21-14(11-7-6-9(16)8-13(11)17)10-4-2-3-5-12(10)15(18,19)20/h2-8,14,21H,1H3. The first kappa shape index (κ1) is 16.0. The van der Waals surface area contributed by atoms with Crippen molar-refractivity contribution < 1.29 is 17.6 Å². The van der Waals surface area contributed by atoms with Gasteiger partial charge >= 0.3 is 6.18 Å². The Balaban J connectivity index is 2.57. The molecule has 0 fully saturated rings. The van der Waals surface area contributed by atoms with Gasteiger partial charge in [0.25, 0.3) is 0 Å². The summed E-state index contributed by atoms with van der Waals surface area (Å²) in [6.45, 7) is 0. The SMILES string of the molecule is CNC(c1ccc(Br)cc1F)c1ccccc1C(F)(F)F. The topological polar surface area (TPSA) is 12.0 Å². The van der Waals surface area contributed by atoms with E-state index in [2.05, 4.69) is 21.2 Å². The molecule has 112 valence electrons. The van der Waals surface area contributed by atoms with Crippen molar-refractivity contribution in [3.8, 4) is 0 Å². The summed E-state index contributed by atoms with van der Waals surface area (Å²) in [5.41, 5.74) is -0.613. The number of halogens is 5. The molecule has 0 spiro atoms. The molecule has 0 aromatic heterocycles. The Kier molecular flexibility index (Phi) is 4.68. The van der Waals surface area contributed by atoms with Crippen LogP contribution in [0.25, 0.3) is 0 Å². The molecule has 0 aliphatic heterocycles. The lowest BCUT2D eigenvalue weighted by molar-refractivity contribution is -0.138. The maximum atomic E-state index is 14.1. The predicted octanol–water partition coefficient (Wildman–Crippen LogP) is 4.92. The highest BCUT2D eigenvalue weighted by Crippen LogP contribution is 2.37. The second-order valence-corrected chi connectivity index (χ2v) is 5.39. The maximum Gasteiger partial charge on any atom is 0.416 e. The Morgan fingerprint density at radius 3 is 2.29 bits per heavy atom. The summed E-state index contributed by atoms with van der Waals surface area (Å²) in [6, 6.07) is 8.59. The van der Waals surface area contributed by atoms with E-state index in [4.69, 9.17) is 0 Å². The number of hydrogen-bond acceptors (Lipinski definition) is 1. The summed E-state index contributed by atoms with van der Waals surface area (Å²) in [6.07, 6.45) is -4.49. The van der Waals surface area contributed by atoms with Gasteiger partial charge < -0.3 is 5.32 Å². The average Bonchev–Trinajstić information content (AvgIpc) is 2.41. The zero-order valence-electron chi connectivity index (χ0n) is 11.0. The van der Waals surface area contributed by atoms with E-state index < -0.39 is 23.6 Å². The van der Waals surface area contributed by atoms with Crippen LogP contribution in [0.3, 0.4) is 0 Å². The van der Waals surface area contributed by atoms with Gasteiger partial charge in [0.15, 0.2) is 0 Å². The molecule has 21 heavy (non-hydrogen) atoms. The molecule has 1 N–H and O–H groups in total. The van der Waals surface area contributed by atoms with Gasteiger partial charge in [0, 0.05) is 10.0 Å². The molecule has 0 amide bonds. The minimum atomic E-state index is -4.49. The van der Waals surface area contributed by atoms with Crippen molar-refractivity contribution >= 4 is 15.9 Å². The van der Waals surface area contributed by atoms with Crippen molar-refractivity contribution in [1.82, 2.24) is 5.32 Å². The van der Waals surface area contributed by atoms with Crippen molar-refractivity contribution in [2.75, 3.05) is 7.05 Å². The fourth-order valence-corrected chi connectivity index (χ4v) is 2.55. The third kappa shape index (κ3) is 3.44. The van der Waals surface area contributed by atoms with Crippen molar-refractivity contribution in [2.24, 2.45) is 0 Å². The summed E-state index contributed by atoms with van der Waals surface area (Å²) < 4.78 is 53.9. The van der Waals surface area contributed by atoms with Gasteiger partial charge in [-0.15, -0.1) is 0 Å². The molecule has 0 bridgehead atoms. The minimum Gasteiger partial charge on any atom is -0.309 e. The van der Waals surface area contributed by atoms with Crippen LogP contribution >= 0.6 is 15.9 Å². The van der Waals surface area contributed by atoms with Gasteiger partial charge in [-0.25, -0.2) is 4.39 Å². The molecule has 1 nitrogen and oxygen atoms in total. The molecule has 2 rings (SSSR count). The van der Waals surface area contributed by atoms with E-state index in [1.807, 2.05) is 0 Å². The first-order valence-electron chi connectivity index (χ1n) is 6.13. The second kappa shape index (κ2) is 6.15. The highest BCUT2D eigenvalue weighted by molar-refractivity contribution is 9.10. The molecule has 0 radical (unpaired) electrons. The number of nitrogens with one attached hydrogen (secondary N) is 1. The van der Waals surface area contributed by atoms with Crippen LogP contribution in [0.2, 0.25) is 0 Å². The molecule has 2 aromatic rings. The smallest absolute Gasteiger partial charge is 0.309 e. The lowest BCUT2D eigenvalue weighted by Crippen LogP contribution is -2.22. The second-order valence-electron chi connectivity index (χ2n) is 4.47. The molecule has 6 heteroatoms. The Bertz CT molecular complexity index is 640. The van der Waals surface area contributed by atoms with Gasteiger partial charge in [0.05, 0.1) is 11.6 Å². The van der Waals surface area contributed by atoms with Crippen LogP contribution < -0.4 is 5.32 Å². The van der Waals surface area contributed by atoms with E-state index in [0.717, 1.165) is 6.07 Å². The average molecular weight is 362 g/mol. The van der Waals surface area contributed by atoms with E-state index in [-0.39, 0.29) is 11.1 Å². The molecule has 1 atom stereocenters. The fraction of sp³-hybridized carbons (Fsp3) is 0.200. The lowest BCUT2D eigenvalue weighted by Gasteiger charge is -2.22. The Hall–Kier alpha value is -1.40. The summed E-state index contributed by atoms with van der Waals surface area (Å²) in [4.78, 5) is 0. The Morgan fingerprint density at radius 1 is 1.05 bits per heavy atom. The molecular weight excluding hydrogens is 350 g/mol. The van der Waals surface area contributed by atoms with Crippen LogP contribution in [-0.2, 0) is 6.18 Å². The van der Waals surface area contributed by atoms with E-state index >= 15 is 0 Å². The van der Waals surface area contributed by atoms with E-state index in [1.54, 1.807) is 6.07 Å². The van der Waals surface area contributed by atoms with Crippen molar-refractivity contribution in [2.45, 2.75) is 12.2 Å². The quantitative estimate of drug-likeness (QED) is 0.765. The van der Waals surface area contributed by atoms with Crippen molar-refractivity contribution in [3.63, 3.8) is 0 Å². The molecule has 0 aliphatic rings. The number of hydrogen-bond donors (Lipinski definition) is 1. The molecule has 0 saturated heterocycles. The molecule has 1 unspecified atom stereocenters. The monoisotopic (exact) mass is 361 g/mol. The number of rotatable bonds is 3. The third-order valence-electron chi connectivity index (χ3n) is 3.14. The molecular formula is C15H12BrF4N. The van der Waals surface area contributed by atoms with E-state index in [0.29, 0.717) is 4.47 Å².